The number of nitrogens with zero attached hydrogens (tertiary/aromatic N) is 2. The number of hydrogen-bond acceptors (Lipinski definition) is 7. The number of nitrogens with one attached hydrogen (secondary N) is 2. The first-order chi connectivity index (χ1) is 14.0. The first-order valence-electron chi connectivity index (χ1n) is 9.10. The Hall–Kier alpha value is -3.14. The smallest absolute Gasteiger partial charge is 0.321 e. The number of esters is 1. The molecule has 2 aromatic rings. The van der Waals surface area contributed by atoms with Crippen LogP contribution in [0.3, 0.4) is 0 Å². The number of carbonyl (C=O) groups is 3. The third-order valence-corrected chi connectivity index (χ3v) is 5.05. The molecule has 1 fully saturated rings. The minimum Gasteiger partial charge on any atom is -0.497 e. The highest BCUT2D eigenvalue weighted by atomic mass is 32.1. The molecule has 2 heterocycles. The minimum absolute atomic E-state index is 0.0571. The Morgan fingerprint density at radius 1 is 1.31 bits per heavy atom. The molecule has 1 atom stereocenters. The van der Waals surface area contributed by atoms with Gasteiger partial charge in [-0.05, 0) is 31.2 Å². The van der Waals surface area contributed by atoms with E-state index in [-0.39, 0.29) is 30.8 Å². The summed E-state index contributed by atoms with van der Waals surface area (Å²) >= 11 is 1.22. The Morgan fingerprint density at radius 3 is 2.76 bits per heavy atom. The standard InChI is InChI=1S/C19H22N4O5S/c1-3-28-17(25)9-13-11-29-19(21-13)22-18(26)20-12-8-16(24)23(10-12)14-4-6-15(27-2)7-5-14/h4-7,11-12H,3,8-10H2,1-2H3,(H2,20,21,22,26)/t12-/m1/s1. The second kappa shape index (κ2) is 9.37. The van der Waals surface area contributed by atoms with Crippen LogP contribution in [0.4, 0.5) is 15.6 Å². The van der Waals surface area contributed by atoms with Crippen LogP contribution in [-0.4, -0.2) is 49.2 Å². The van der Waals surface area contributed by atoms with Crippen molar-refractivity contribution in [2.45, 2.75) is 25.8 Å². The molecular weight excluding hydrogens is 396 g/mol. The monoisotopic (exact) mass is 418 g/mol. The van der Waals surface area contributed by atoms with Crippen LogP contribution in [0.25, 0.3) is 0 Å². The summed E-state index contributed by atoms with van der Waals surface area (Å²) in [5.41, 5.74) is 1.29. The number of hydrogen-bond donors (Lipinski definition) is 2. The summed E-state index contributed by atoms with van der Waals surface area (Å²) in [5, 5.41) is 7.49. The van der Waals surface area contributed by atoms with Crippen molar-refractivity contribution in [2.24, 2.45) is 0 Å². The minimum atomic E-state index is -0.448. The highest BCUT2D eigenvalue weighted by molar-refractivity contribution is 7.13. The molecular formula is C19H22N4O5S. The summed E-state index contributed by atoms with van der Waals surface area (Å²) in [7, 11) is 1.58. The Bertz CT molecular complexity index is 883. The summed E-state index contributed by atoms with van der Waals surface area (Å²) in [4.78, 5) is 41.9. The van der Waals surface area contributed by atoms with E-state index in [0.29, 0.717) is 29.7 Å². The number of benzene rings is 1. The third kappa shape index (κ3) is 5.44. The third-order valence-electron chi connectivity index (χ3n) is 4.25. The number of amides is 3. The van der Waals surface area contributed by atoms with Crippen LogP contribution in [0, 0.1) is 0 Å². The molecule has 0 radical (unpaired) electrons. The quantitative estimate of drug-likeness (QED) is 0.667. The number of methoxy groups -OCH3 is 1. The predicted molar refractivity (Wildman–Crippen MR) is 108 cm³/mol. The molecule has 0 bridgehead atoms. The zero-order valence-corrected chi connectivity index (χ0v) is 17.0. The molecule has 1 aromatic heterocycles. The predicted octanol–water partition coefficient (Wildman–Crippen LogP) is 2.18. The van der Waals surface area contributed by atoms with Gasteiger partial charge in [0.15, 0.2) is 5.13 Å². The van der Waals surface area contributed by atoms with Crippen molar-refractivity contribution in [3.8, 4) is 5.75 Å². The van der Waals surface area contributed by atoms with Crippen molar-refractivity contribution in [3.63, 3.8) is 0 Å². The van der Waals surface area contributed by atoms with Gasteiger partial charge in [0.1, 0.15) is 5.75 Å². The van der Waals surface area contributed by atoms with Crippen molar-refractivity contribution in [1.82, 2.24) is 10.3 Å². The topological polar surface area (TPSA) is 110 Å². The lowest BCUT2D eigenvalue weighted by Crippen LogP contribution is -2.39. The van der Waals surface area contributed by atoms with E-state index in [2.05, 4.69) is 15.6 Å². The van der Waals surface area contributed by atoms with Gasteiger partial charge in [-0.1, -0.05) is 0 Å². The molecule has 10 heteroatoms. The fraction of sp³-hybridized carbons (Fsp3) is 0.368. The van der Waals surface area contributed by atoms with E-state index in [1.54, 1.807) is 48.6 Å². The van der Waals surface area contributed by atoms with Crippen LogP contribution >= 0.6 is 11.3 Å². The van der Waals surface area contributed by atoms with Gasteiger partial charge in [0.2, 0.25) is 5.91 Å². The summed E-state index contributed by atoms with van der Waals surface area (Å²) in [6.07, 6.45) is 0.271. The second-order valence-electron chi connectivity index (χ2n) is 6.33. The lowest BCUT2D eigenvalue weighted by Gasteiger charge is -2.17. The number of carbonyl (C=O) groups excluding carboxylic acids is 3. The lowest BCUT2D eigenvalue weighted by atomic mass is 10.2. The van der Waals surface area contributed by atoms with Gasteiger partial charge in [0.05, 0.1) is 31.9 Å². The second-order valence-corrected chi connectivity index (χ2v) is 7.19. The van der Waals surface area contributed by atoms with E-state index in [0.717, 1.165) is 5.69 Å². The van der Waals surface area contributed by atoms with Gasteiger partial charge in [-0.25, -0.2) is 9.78 Å². The Kier molecular flexibility index (Phi) is 6.65. The molecule has 1 aliphatic heterocycles. The van der Waals surface area contributed by atoms with Crippen LogP contribution in [0.2, 0.25) is 0 Å². The fourth-order valence-electron chi connectivity index (χ4n) is 2.94. The maximum absolute atomic E-state index is 12.3. The molecule has 1 aromatic carbocycles. The van der Waals surface area contributed by atoms with Crippen molar-refractivity contribution >= 4 is 40.1 Å². The van der Waals surface area contributed by atoms with Gasteiger partial charge >= 0.3 is 12.0 Å². The zero-order valence-electron chi connectivity index (χ0n) is 16.1. The van der Waals surface area contributed by atoms with Crippen molar-refractivity contribution < 1.29 is 23.9 Å². The van der Waals surface area contributed by atoms with Gasteiger partial charge in [-0.15, -0.1) is 11.3 Å². The van der Waals surface area contributed by atoms with Crippen LogP contribution in [-0.2, 0) is 20.7 Å². The number of aromatic nitrogens is 1. The van der Waals surface area contributed by atoms with E-state index in [1.807, 2.05) is 0 Å². The fourth-order valence-corrected chi connectivity index (χ4v) is 3.65. The van der Waals surface area contributed by atoms with Crippen molar-refractivity contribution in [2.75, 3.05) is 30.5 Å². The van der Waals surface area contributed by atoms with E-state index in [4.69, 9.17) is 9.47 Å². The van der Waals surface area contributed by atoms with E-state index < -0.39 is 6.03 Å². The molecule has 0 spiro atoms. The molecule has 3 amide bonds. The molecule has 3 rings (SSSR count). The molecule has 1 saturated heterocycles. The van der Waals surface area contributed by atoms with Crippen molar-refractivity contribution in [3.05, 3.63) is 35.3 Å². The molecule has 1 aliphatic rings. The van der Waals surface area contributed by atoms with Gasteiger partial charge in [-0.3, -0.25) is 14.9 Å². The van der Waals surface area contributed by atoms with Crippen LogP contribution < -0.4 is 20.3 Å². The number of urea groups is 1. The lowest BCUT2D eigenvalue weighted by molar-refractivity contribution is -0.142. The summed E-state index contributed by atoms with van der Waals surface area (Å²) in [6, 6.07) is 6.42. The highest BCUT2D eigenvalue weighted by Crippen LogP contribution is 2.24. The van der Waals surface area contributed by atoms with Gasteiger partial charge < -0.3 is 19.7 Å². The van der Waals surface area contributed by atoms with Gasteiger partial charge in [-0.2, -0.15) is 0 Å². The first-order valence-corrected chi connectivity index (χ1v) is 9.98. The Balaban J connectivity index is 1.51. The average molecular weight is 418 g/mol. The maximum Gasteiger partial charge on any atom is 0.321 e. The molecule has 29 heavy (non-hydrogen) atoms. The Morgan fingerprint density at radius 2 is 2.07 bits per heavy atom. The highest BCUT2D eigenvalue weighted by Gasteiger charge is 2.31. The zero-order chi connectivity index (χ0) is 20.8. The van der Waals surface area contributed by atoms with Gasteiger partial charge in [0, 0.05) is 24.0 Å². The maximum atomic E-state index is 12.3. The van der Waals surface area contributed by atoms with E-state index in [9.17, 15) is 14.4 Å². The number of anilines is 2. The summed E-state index contributed by atoms with van der Waals surface area (Å²) < 4.78 is 10.0. The summed E-state index contributed by atoms with van der Waals surface area (Å²) in [6.45, 7) is 2.43. The van der Waals surface area contributed by atoms with Crippen LogP contribution in [0.1, 0.15) is 19.0 Å². The number of rotatable bonds is 7. The molecule has 0 aliphatic carbocycles. The molecule has 0 saturated carbocycles. The molecule has 154 valence electrons. The van der Waals surface area contributed by atoms with Gasteiger partial charge in [0.25, 0.3) is 0 Å². The number of thiazole rings is 1. The molecule has 2 N–H and O–H groups in total. The first kappa shape index (κ1) is 20.6. The normalized spacial score (nSPS) is 15.9. The number of ether oxygens (including phenoxy) is 2. The molecule has 0 unspecified atom stereocenters. The molecule has 9 nitrogen and oxygen atoms in total. The van der Waals surface area contributed by atoms with E-state index >= 15 is 0 Å². The van der Waals surface area contributed by atoms with Crippen LogP contribution in [0.5, 0.6) is 5.75 Å². The summed E-state index contributed by atoms with van der Waals surface area (Å²) in [5.74, 6) is 0.281. The van der Waals surface area contributed by atoms with Crippen molar-refractivity contribution in [1.29, 1.82) is 0 Å². The van der Waals surface area contributed by atoms with Crippen LogP contribution in [0.15, 0.2) is 29.6 Å². The largest absolute Gasteiger partial charge is 0.497 e. The Labute approximate surface area is 172 Å². The average Bonchev–Trinajstić information content (AvgIpc) is 3.27. The SMILES string of the molecule is CCOC(=O)Cc1csc(NC(=O)N[C@@H]2CC(=O)N(c3ccc(OC)cc3)C2)n1. The van der Waals surface area contributed by atoms with E-state index in [1.165, 1.54) is 11.3 Å².